The molecular formula is C13H15N3O3. The summed E-state index contributed by atoms with van der Waals surface area (Å²) in [6.07, 6.45) is 2.95. The van der Waals surface area contributed by atoms with Gasteiger partial charge in [0.2, 0.25) is 5.91 Å². The van der Waals surface area contributed by atoms with Crippen LogP contribution in [0, 0.1) is 5.92 Å². The van der Waals surface area contributed by atoms with Crippen molar-refractivity contribution in [1.29, 1.82) is 0 Å². The van der Waals surface area contributed by atoms with Gasteiger partial charge in [0.1, 0.15) is 5.75 Å². The van der Waals surface area contributed by atoms with Gasteiger partial charge < -0.3 is 21.1 Å². The number of nitrogens with two attached hydrogens (primary N) is 1. The topological polar surface area (TPSA) is 93.5 Å². The summed E-state index contributed by atoms with van der Waals surface area (Å²) in [6, 6.07) is 3.25. The molecule has 6 nitrogen and oxygen atoms in total. The van der Waals surface area contributed by atoms with Crippen LogP contribution in [-0.4, -0.2) is 18.4 Å². The van der Waals surface area contributed by atoms with Crippen LogP contribution < -0.4 is 21.1 Å². The summed E-state index contributed by atoms with van der Waals surface area (Å²) in [5.74, 6) is 0.384. The summed E-state index contributed by atoms with van der Waals surface area (Å²) in [4.78, 5) is 23.1. The van der Waals surface area contributed by atoms with Gasteiger partial charge in [-0.2, -0.15) is 0 Å². The van der Waals surface area contributed by atoms with Gasteiger partial charge in [0.15, 0.2) is 6.61 Å². The number of anilines is 3. The highest BCUT2D eigenvalue weighted by atomic mass is 16.5. The van der Waals surface area contributed by atoms with Crippen LogP contribution in [0.4, 0.5) is 17.1 Å². The first kappa shape index (κ1) is 11.8. The molecule has 1 heterocycles. The molecule has 1 aromatic rings. The van der Waals surface area contributed by atoms with E-state index in [0.717, 1.165) is 19.3 Å². The average molecular weight is 261 g/mol. The molecule has 0 aromatic heterocycles. The molecule has 1 aromatic carbocycles. The highest BCUT2D eigenvalue weighted by molar-refractivity contribution is 6.00. The first-order valence-corrected chi connectivity index (χ1v) is 6.30. The van der Waals surface area contributed by atoms with Crippen LogP contribution in [0.2, 0.25) is 0 Å². The maximum absolute atomic E-state index is 11.9. The van der Waals surface area contributed by atoms with Crippen molar-refractivity contribution in [2.24, 2.45) is 5.92 Å². The van der Waals surface area contributed by atoms with Crippen molar-refractivity contribution in [3.63, 3.8) is 0 Å². The van der Waals surface area contributed by atoms with Crippen molar-refractivity contribution in [3.8, 4) is 5.75 Å². The summed E-state index contributed by atoms with van der Waals surface area (Å²) in [5, 5.41) is 5.49. The van der Waals surface area contributed by atoms with Gasteiger partial charge >= 0.3 is 0 Å². The Morgan fingerprint density at radius 1 is 1.42 bits per heavy atom. The highest BCUT2D eigenvalue weighted by Gasteiger charge is 2.26. The molecule has 1 aliphatic carbocycles. The lowest BCUT2D eigenvalue weighted by atomic mass is 9.85. The SMILES string of the molecule is Nc1cc2c(cc1NC(=O)C1CCC1)NC(=O)CO2. The zero-order valence-corrected chi connectivity index (χ0v) is 10.4. The van der Waals surface area contributed by atoms with E-state index in [0.29, 0.717) is 22.8 Å². The second-order valence-electron chi connectivity index (χ2n) is 4.89. The number of fused-ring (bicyclic) bond motifs is 1. The van der Waals surface area contributed by atoms with E-state index in [-0.39, 0.29) is 24.3 Å². The minimum atomic E-state index is -0.214. The first-order chi connectivity index (χ1) is 9.13. The van der Waals surface area contributed by atoms with Crippen LogP contribution in [0.15, 0.2) is 12.1 Å². The molecule has 0 atom stereocenters. The molecule has 2 aliphatic rings. The Hall–Kier alpha value is -2.24. The van der Waals surface area contributed by atoms with Crippen molar-refractivity contribution in [1.82, 2.24) is 0 Å². The third-order valence-corrected chi connectivity index (χ3v) is 3.52. The Morgan fingerprint density at radius 2 is 2.21 bits per heavy atom. The minimum absolute atomic E-state index is 0.0130. The molecule has 1 fully saturated rings. The second kappa shape index (κ2) is 4.46. The normalized spacial score (nSPS) is 17.8. The molecule has 0 saturated heterocycles. The van der Waals surface area contributed by atoms with Crippen LogP contribution in [0.3, 0.4) is 0 Å². The number of benzene rings is 1. The average Bonchev–Trinajstić information content (AvgIpc) is 2.28. The number of rotatable bonds is 2. The van der Waals surface area contributed by atoms with Gasteiger partial charge in [-0.15, -0.1) is 0 Å². The molecule has 0 radical (unpaired) electrons. The Balaban J connectivity index is 1.83. The first-order valence-electron chi connectivity index (χ1n) is 6.30. The number of ether oxygens (including phenoxy) is 1. The molecule has 2 amide bonds. The maximum atomic E-state index is 11.9. The van der Waals surface area contributed by atoms with Crippen molar-refractivity contribution in [2.45, 2.75) is 19.3 Å². The Kier molecular flexibility index (Phi) is 2.77. The Labute approximate surface area is 110 Å². The fourth-order valence-electron chi connectivity index (χ4n) is 2.16. The lowest BCUT2D eigenvalue weighted by Gasteiger charge is -2.25. The van der Waals surface area contributed by atoms with Gasteiger partial charge in [-0.1, -0.05) is 6.42 Å². The molecule has 1 saturated carbocycles. The van der Waals surface area contributed by atoms with Crippen LogP contribution >= 0.6 is 0 Å². The Morgan fingerprint density at radius 3 is 2.89 bits per heavy atom. The van der Waals surface area contributed by atoms with Crippen LogP contribution in [0.25, 0.3) is 0 Å². The van der Waals surface area contributed by atoms with Gasteiger partial charge in [-0.25, -0.2) is 0 Å². The molecule has 0 unspecified atom stereocenters. The largest absolute Gasteiger partial charge is 0.482 e. The van der Waals surface area contributed by atoms with E-state index in [1.165, 1.54) is 0 Å². The summed E-state index contributed by atoms with van der Waals surface area (Å²) in [7, 11) is 0. The molecule has 100 valence electrons. The van der Waals surface area contributed by atoms with Gasteiger partial charge in [-0.3, -0.25) is 9.59 Å². The second-order valence-corrected chi connectivity index (χ2v) is 4.89. The zero-order valence-electron chi connectivity index (χ0n) is 10.4. The van der Waals surface area contributed by atoms with Crippen LogP contribution in [0.1, 0.15) is 19.3 Å². The van der Waals surface area contributed by atoms with Crippen molar-refractivity contribution in [3.05, 3.63) is 12.1 Å². The van der Waals surface area contributed by atoms with Crippen molar-refractivity contribution >= 4 is 28.9 Å². The number of nitrogen functional groups attached to an aromatic ring is 1. The third kappa shape index (κ3) is 2.21. The zero-order chi connectivity index (χ0) is 13.4. The van der Waals surface area contributed by atoms with Crippen molar-refractivity contribution < 1.29 is 14.3 Å². The third-order valence-electron chi connectivity index (χ3n) is 3.52. The summed E-state index contributed by atoms with van der Waals surface area (Å²) < 4.78 is 5.25. The Bertz CT molecular complexity index is 552. The van der Waals surface area contributed by atoms with Crippen molar-refractivity contribution in [2.75, 3.05) is 23.0 Å². The van der Waals surface area contributed by atoms with Crippen LogP contribution in [0.5, 0.6) is 5.75 Å². The van der Waals surface area contributed by atoms with E-state index >= 15 is 0 Å². The standard InChI is InChI=1S/C13H15N3O3/c14-8-4-11-10(15-12(17)6-19-11)5-9(8)16-13(18)7-2-1-3-7/h4-5,7H,1-3,6,14H2,(H,15,17)(H,16,18). The predicted octanol–water partition coefficient (Wildman–Crippen LogP) is 1.34. The maximum Gasteiger partial charge on any atom is 0.262 e. The number of hydrogen-bond donors (Lipinski definition) is 3. The van der Waals surface area contributed by atoms with E-state index in [2.05, 4.69) is 10.6 Å². The summed E-state index contributed by atoms with van der Waals surface area (Å²) in [5.41, 5.74) is 7.36. The highest BCUT2D eigenvalue weighted by Crippen LogP contribution is 2.36. The molecule has 4 N–H and O–H groups in total. The lowest BCUT2D eigenvalue weighted by Crippen LogP contribution is -2.29. The van der Waals surface area contributed by atoms with Gasteiger partial charge in [0, 0.05) is 12.0 Å². The van der Waals surface area contributed by atoms with E-state index in [9.17, 15) is 9.59 Å². The molecule has 0 spiro atoms. The monoisotopic (exact) mass is 261 g/mol. The molecule has 3 rings (SSSR count). The predicted molar refractivity (Wildman–Crippen MR) is 70.9 cm³/mol. The smallest absolute Gasteiger partial charge is 0.262 e. The summed E-state index contributed by atoms with van der Waals surface area (Å²) in [6.45, 7) is -0.0137. The number of carbonyl (C=O) groups excluding carboxylic acids is 2. The lowest BCUT2D eigenvalue weighted by molar-refractivity contribution is -0.122. The van der Waals surface area contributed by atoms with E-state index < -0.39 is 0 Å². The van der Waals surface area contributed by atoms with Gasteiger partial charge in [0.05, 0.1) is 17.1 Å². The van der Waals surface area contributed by atoms with Gasteiger partial charge in [-0.05, 0) is 18.9 Å². The molecule has 1 aliphatic heterocycles. The summed E-state index contributed by atoms with van der Waals surface area (Å²) >= 11 is 0. The van der Waals surface area contributed by atoms with E-state index in [4.69, 9.17) is 10.5 Å². The number of hydrogen-bond acceptors (Lipinski definition) is 4. The van der Waals surface area contributed by atoms with Crippen LogP contribution in [-0.2, 0) is 9.59 Å². The fraction of sp³-hybridized carbons (Fsp3) is 0.385. The quantitative estimate of drug-likeness (QED) is 0.700. The van der Waals surface area contributed by atoms with Gasteiger partial charge in [0.25, 0.3) is 5.91 Å². The number of amides is 2. The molecule has 6 heteroatoms. The fourth-order valence-corrected chi connectivity index (χ4v) is 2.16. The van der Waals surface area contributed by atoms with E-state index in [1.807, 2.05) is 0 Å². The number of nitrogens with one attached hydrogen (secondary N) is 2. The van der Waals surface area contributed by atoms with E-state index in [1.54, 1.807) is 12.1 Å². The minimum Gasteiger partial charge on any atom is -0.482 e. The molecule has 0 bridgehead atoms. The molecule has 19 heavy (non-hydrogen) atoms. The number of carbonyl (C=O) groups is 2. The molecular weight excluding hydrogens is 246 g/mol.